The minimum absolute atomic E-state index is 0.114. The van der Waals surface area contributed by atoms with Crippen LogP contribution >= 0.6 is 12.8 Å². The summed E-state index contributed by atoms with van der Waals surface area (Å²) in [5.41, 5.74) is 0.584. The van der Waals surface area contributed by atoms with Gasteiger partial charge in [-0.3, -0.25) is 4.84 Å². The number of rotatable bonds is 2. The lowest BCUT2D eigenvalue weighted by Crippen LogP contribution is -2.42. The van der Waals surface area contributed by atoms with Crippen LogP contribution in [0.3, 0.4) is 0 Å². The van der Waals surface area contributed by atoms with Crippen molar-refractivity contribution in [3.63, 3.8) is 0 Å². The molecule has 0 aliphatic carbocycles. The normalized spacial score (nSPS) is 24.7. The molecular weight excluding hydrogens is 271 g/mol. The Labute approximate surface area is 115 Å². The minimum Gasteiger partial charge on any atom is -0.465 e. The summed E-state index contributed by atoms with van der Waals surface area (Å²) in [4.78, 5) is 16.0. The third kappa shape index (κ3) is 3.59. The average molecular weight is 286 g/mol. The Hall–Kier alpha value is -1.31. The van der Waals surface area contributed by atoms with Gasteiger partial charge in [-0.05, 0) is 24.5 Å². The van der Waals surface area contributed by atoms with Gasteiger partial charge in [-0.2, -0.15) is 0 Å². The minimum atomic E-state index is -1.14. The van der Waals surface area contributed by atoms with Crippen molar-refractivity contribution < 1.29 is 19.1 Å². The smallest absolute Gasteiger partial charge is 0.406 e. The second-order valence-electron chi connectivity index (χ2n) is 4.36. The van der Waals surface area contributed by atoms with Crippen molar-refractivity contribution in [2.75, 3.05) is 6.61 Å². The van der Waals surface area contributed by atoms with Crippen LogP contribution in [0.15, 0.2) is 24.3 Å². The van der Waals surface area contributed by atoms with E-state index in [0.717, 1.165) is 0 Å². The standard InChI is InChI=1S/C12H15FN2O3S/c13-10-4-2-1-3-9(10)8-5-6-11(14-12(16)17)15(19)18-7-8/h1-4,8,11,14,19H,5-7H2,(H,16,17)/t8-,11-/m1/s1. The number of benzene rings is 1. The summed E-state index contributed by atoms with van der Waals surface area (Å²) in [6.45, 7) is 0.266. The number of halogens is 1. The van der Waals surface area contributed by atoms with Crippen molar-refractivity contribution >= 4 is 18.9 Å². The van der Waals surface area contributed by atoms with E-state index in [-0.39, 0.29) is 18.3 Å². The van der Waals surface area contributed by atoms with E-state index in [9.17, 15) is 9.18 Å². The number of carbonyl (C=O) groups is 1. The highest BCUT2D eigenvalue weighted by atomic mass is 32.1. The van der Waals surface area contributed by atoms with Gasteiger partial charge in [-0.15, -0.1) is 4.47 Å². The summed E-state index contributed by atoms with van der Waals surface area (Å²) in [5.74, 6) is -0.386. The SMILES string of the molecule is O=C(O)N[C@H]1CC[C@@H](c2ccccc2F)CON1S. The van der Waals surface area contributed by atoms with Gasteiger partial charge in [0.2, 0.25) is 0 Å². The predicted molar refractivity (Wildman–Crippen MR) is 70.1 cm³/mol. The maximum atomic E-state index is 13.7. The maximum Gasteiger partial charge on any atom is 0.406 e. The Morgan fingerprint density at radius 3 is 2.89 bits per heavy atom. The van der Waals surface area contributed by atoms with Gasteiger partial charge in [-0.25, -0.2) is 9.18 Å². The van der Waals surface area contributed by atoms with E-state index in [2.05, 4.69) is 18.1 Å². The molecule has 0 unspecified atom stereocenters. The number of carboxylic acid groups (broad SMARTS) is 1. The van der Waals surface area contributed by atoms with Crippen molar-refractivity contribution in [1.29, 1.82) is 0 Å². The lowest BCUT2D eigenvalue weighted by atomic mass is 9.94. The number of thiol groups is 1. The summed E-state index contributed by atoms with van der Waals surface area (Å²) in [6, 6.07) is 6.54. The second kappa shape index (κ2) is 6.23. The van der Waals surface area contributed by atoms with Crippen LogP contribution < -0.4 is 5.32 Å². The van der Waals surface area contributed by atoms with Gasteiger partial charge in [0.15, 0.2) is 0 Å². The Balaban J connectivity index is 2.07. The van der Waals surface area contributed by atoms with E-state index in [1.165, 1.54) is 10.5 Å². The van der Waals surface area contributed by atoms with E-state index in [1.807, 2.05) is 0 Å². The second-order valence-corrected chi connectivity index (χ2v) is 4.75. The summed E-state index contributed by atoms with van der Waals surface area (Å²) >= 11 is 4.07. The molecule has 1 aliphatic rings. The highest BCUT2D eigenvalue weighted by Gasteiger charge is 2.27. The zero-order valence-corrected chi connectivity index (χ0v) is 11.0. The molecule has 1 heterocycles. The van der Waals surface area contributed by atoms with Crippen LogP contribution in [-0.4, -0.2) is 28.4 Å². The number of hydrogen-bond acceptors (Lipinski definition) is 4. The van der Waals surface area contributed by atoms with Crippen LogP contribution in [0.1, 0.15) is 24.3 Å². The van der Waals surface area contributed by atoms with Crippen LogP contribution in [0.25, 0.3) is 0 Å². The van der Waals surface area contributed by atoms with E-state index < -0.39 is 12.3 Å². The van der Waals surface area contributed by atoms with E-state index in [1.54, 1.807) is 18.2 Å². The molecule has 1 amide bonds. The fourth-order valence-electron chi connectivity index (χ4n) is 2.13. The van der Waals surface area contributed by atoms with Crippen LogP contribution in [0.2, 0.25) is 0 Å². The molecule has 1 aromatic carbocycles. The van der Waals surface area contributed by atoms with Crippen molar-refractivity contribution in [2.24, 2.45) is 0 Å². The Kier molecular flexibility index (Phi) is 4.62. The average Bonchev–Trinajstić information content (AvgIpc) is 2.53. The van der Waals surface area contributed by atoms with Crippen molar-refractivity contribution in [1.82, 2.24) is 9.79 Å². The molecule has 19 heavy (non-hydrogen) atoms. The molecule has 2 atom stereocenters. The summed E-state index contributed by atoms with van der Waals surface area (Å²) in [5, 5.41) is 11.0. The topological polar surface area (TPSA) is 61.8 Å². The number of hydrogen-bond donors (Lipinski definition) is 3. The van der Waals surface area contributed by atoms with Gasteiger partial charge in [0.05, 0.1) is 6.61 Å². The van der Waals surface area contributed by atoms with Gasteiger partial charge in [0.25, 0.3) is 0 Å². The molecule has 2 rings (SSSR count). The van der Waals surface area contributed by atoms with Crippen LogP contribution in [0.4, 0.5) is 9.18 Å². The lowest BCUT2D eigenvalue weighted by Gasteiger charge is -2.22. The predicted octanol–water partition coefficient (Wildman–Crippen LogP) is 2.38. The van der Waals surface area contributed by atoms with Crippen molar-refractivity contribution in [2.45, 2.75) is 24.9 Å². The first-order valence-electron chi connectivity index (χ1n) is 5.93. The number of amides is 1. The number of nitrogens with zero attached hydrogens (tertiary/aromatic N) is 1. The summed E-state index contributed by atoms with van der Waals surface area (Å²) in [6.07, 6.45) is -0.577. The van der Waals surface area contributed by atoms with Gasteiger partial charge in [0.1, 0.15) is 12.0 Å². The van der Waals surface area contributed by atoms with Crippen LogP contribution in [0.5, 0.6) is 0 Å². The third-order valence-electron chi connectivity index (χ3n) is 3.10. The zero-order valence-electron chi connectivity index (χ0n) is 10.1. The molecule has 0 bridgehead atoms. The lowest BCUT2D eigenvalue weighted by molar-refractivity contribution is -0.0999. The largest absolute Gasteiger partial charge is 0.465 e. The van der Waals surface area contributed by atoms with Crippen LogP contribution in [0, 0.1) is 5.82 Å². The highest BCUT2D eigenvalue weighted by molar-refractivity contribution is 7.77. The molecule has 0 radical (unpaired) electrons. The van der Waals surface area contributed by atoms with Gasteiger partial charge in [0, 0.05) is 5.92 Å². The van der Waals surface area contributed by atoms with Crippen LogP contribution in [-0.2, 0) is 4.84 Å². The van der Waals surface area contributed by atoms with E-state index >= 15 is 0 Å². The molecule has 1 saturated heterocycles. The summed E-state index contributed by atoms with van der Waals surface area (Å²) < 4.78 is 14.9. The monoisotopic (exact) mass is 286 g/mol. The molecular formula is C12H15FN2O3S. The maximum absolute atomic E-state index is 13.7. The van der Waals surface area contributed by atoms with Gasteiger partial charge in [-0.1, -0.05) is 31.0 Å². The van der Waals surface area contributed by atoms with Crippen molar-refractivity contribution in [3.05, 3.63) is 35.6 Å². The molecule has 0 saturated carbocycles. The molecule has 1 fully saturated rings. The van der Waals surface area contributed by atoms with E-state index in [0.29, 0.717) is 18.4 Å². The highest BCUT2D eigenvalue weighted by Crippen LogP contribution is 2.29. The molecule has 104 valence electrons. The first-order chi connectivity index (χ1) is 9.08. The first kappa shape index (κ1) is 14.1. The number of nitrogens with one attached hydrogen (secondary N) is 1. The molecule has 1 aliphatic heterocycles. The van der Waals surface area contributed by atoms with E-state index in [4.69, 9.17) is 9.94 Å². The Bertz CT molecular complexity index is 460. The number of hydroxylamine groups is 1. The summed E-state index contributed by atoms with van der Waals surface area (Å²) in [7, 11) is 0. The van der Waals surface area contributed by atoms with Crippen molar-refractivity contribution in [3.8, 4) is 0 Å². The van der Waals surface area contributed by atoms with Gasteiger partial charge < -0.3 is 10.4 Å². The Morgan fingerprint density at radius 1 is 1.47 bits per heavy atom. The molecule has 2 N–H and O–H groups in total. The molecule has 7 heteroatoms. The molecule has 5 nitrogen and oxygen atoms in total. The fraction of sp³-hybridized carbons (Fsp3) is 0.417. The molecule has 0 spiro atoms. The molecule has 1 aromatic rings. The van der Waals surface area contributed by atoms with Gasteiger partial charge >= 0.3 is 6.09 Å². The first-order valence-corrected chi connectivity index (χ1v) is 6.33. The Morgan fingerprint density at radius 2 is 2.21 bits per heavy atom. The third-order valence-corrected chi connectivity index (χ3v) is 3.49. The quantitative estimate of drug-likeness (QED) is 0.730. The zero-order chi connectivity index (χ0) is 13.8. The fourth-order valence-corrected chi connectivity index (χ4v) is 2.37. The molecule has 0 aromatic heterocycles.